The van der Waals surface area contributed by atoms with Gasteiger partial charge in [0.1, 0.15) is 18.1 Å². The van der Waals surface area contributed by atoms with Crippen LogP contribution in [0.5, 0.6) is 11.5 Å². The largest absolute Gasteiger partial charge is 0.497 e. The summed E-state index contributed by atoms with van der Waals surface area (Å²) in [4.78, 5) is 2.24. The van der Waals surface area contributed by atoms with Gasteiger partial charge in [-0.3, -0.25) is 0 Å². The first-order chi connectivity index (χ1) is 15.0. The van der Waals surface area contributed by atoms with E-state index in [9.17, 15) is 0 Å². The Kier molecular flexibility index (Phi) is 8.51. The molecule has 0 saturated heterocycles. The van der Waals surface area contributed by atoms with Gasteiger partial charge in [-0.1, -0.05) is 69.6 Å². The van der Waals surface area contributed by atoms with Crippen LogP contribution in [0.3, 0.4) is 0 Å². The van der Waals surface area contributed by atoms with Gasteiger partial charge in [0.2, 0.25) is 0 Å². The van der Waals surface area contributed by atoms with Gasteiger partial charge in [-0.05, 0) is 62.1 Å². The van der Waals surface area contributed by atoms with Crippen LogP contribution in [0.4, 0.5) is 0 Å². The molecule has 164 valence electrons. The molecule has 0 saturated carbocycles. The molecule has 3 rings (SSSR count). The van der Waals surface area contributed by atoms with E-state index in [0.29, 0.717) is 20.8 Å². The first kappa shape index (κ1) is 23.3. The number of hydrogen-bond donors (Lipinski definition) is 0. The van der Waals surface area contributed by atoms with E-state index < -0.39 is 0 Å². The molecular formula is C27H34NO2P. The van der Waals surface area contributed by atoms with E-state index in [1.54, 1.807) is 7.11 Å². The average molecular weight is 436 g/mol. The van der Waals surface area contributed by atoms with Crippen molar-refractivity contribution in [1.29, 1.82) is 0 Å². The topological polar surface area (TPSA) is 21.7 Å². The van der Waals surface area contributed by atoms with Crippen molar-refractivity contribution in [2.24, 2.45) is 0 Å². The van der Waals surface area contributed by atoms with Crippen molar-refractivity contribution >= 4 is 13.9 Å². The molecule has 0 fully saturated rings. The normalized spacial score (nSPS) is 12.5. The summed E-state index contributed by atoms with van der Waals surface area (Å²) in [6.45, 7) is 5.95. The lowest BCUT2D eigenvalue weighted by atomic mass is 10.1. The predicted molar refractivity (Wildman–Crippen MR) is 133 cm³/mol. The first-order valence-corrected chi connectivity index (χ1v) is 11.9. The number of methoxy groups -OCH3 is 1. The van der Waals surface area contributed by atoms with Crippen LogP contribution in [0.2, 0.25) is 0 Å². The zero-order valence-corrected chi connectivity index (χ0v) is 20.3. The minimum absolute atomic E-state index is 0.379. The van der Waals surface area contributed by atoms with Gasteiger partial charge in [-0.15, -0.1) is 0 Å². The Bertz CT molecular complexity index is 972. The van der Waals surface area contributed by atoms with Crippen LogP contribution >= 0.6 is 8.58 Å². The van der Waals surface area contributed by atoms with E-state index in [1.165, 1.54) is 27.6 Å². The van der Waals surface area contributed by atoms with Crippen LogP contribution in [0.15, 0.2) is 66.7 Å². The fourth-order valence-corrected chi connectivity index (χ4v) is 5.19. The molecular weight excluding hydrogens is 401 g/mol. The van der Waals surface area contributed by atoms with E-state index in [-0.39, 0.29) is 0 Å². The molecule has 3 nitrogen and oxygen atoms in total. The lowest BCUT2D eigenvalue weighted by Crippen LogP contribution is -2.17. The fraction of sp³-hybridized carbons (Fsp3) is 0.333. The van der Waals surface area contributed by atoms with Crippen molar-refractivity contribution in [2.45, 2.75) is 39.1 Å². The van der Waals surface area contributed by atoms with Crippen LogP contribution in [-0.4, -0.2) is 26.1 Å². The third-order valence-corrected chi connectivity index (χ3v) is 7.18. The Labute approximate surface area is 189 Å². The van der Waals surface area contributed by atoms with Crippen molar-refractivity contribution < 1.29 is 9.47 Å². The molecule has 0 spiro atoms. The predicted octanol–water partition coefficient (Wildman–Crippen LogP) is 6.10. The van der Waals surface area contributed by atoms with E-state index in [0.717, 1.165) is 24.5 Å². The maximum absolute atomic E-state index is 6.30. The third-order valence-electron chi connectivity index (χ3n) is 5.31. The third kappa shape index (κ3) is 6.56. The number of rotatable bonds is 10. The molecule has 0 aliphatic carbocycles. The first-order valence-electron chi connectivity index (χ1n) is 10.9. The van der Waals surface area contributed by atoms with E-state index in [1.807, 2.05) is 24.3 Å². The Balaban J connectivity index is 1.89. The Morgan fingerprint density at radius 2 is 1.74 bits per heavy atom. The maximum atomic E-state index is 6.30. The highest BCUT2D eigenvalue weighted by molar-refractivity contribution is 7.47. The lowest BCUT2D eigenvalue weighted by Gasteiger charge is -2.23. The van der Waals surface area contributed by atoms with Gasteiger partial charge in [-0.25, -0.2) is 0 Å². The lowest BCUT2D eigenvalue weighted by molar-refractivity contribution is 0.301. The monoisotopic (exact) mass is 435 g/mol. The van der Waals surface area contributed by atoms with Crippen LogP contribution < -0.4 is 14.8 Å². The molecule has 0 aromatic heterocycles. The van der Waals surface area contributed by atoms with E-state index in [2.05, 4.69) is 75.3 Å². The zero-order chi connectivity index (χ0) is 22.2. The van der Waals surface area contributed by atoms with Crippen molar-refractivity contribution in [2.75, 3.05) is 21.2 Å². The van der Waals surface area contributed by atoms with Crippen molar-refractivity contribution in [3.63, 3.8) is 0 Å². The van der Waals surface area contributed by atoms with Crippen LogP contribution in [0, 0.1) is 6.92 Å². The Morgan fingerprint density at radius 1 is 0.968 bits per heavy atom. The molecule has 0 aliphatic rings. The maximum Gasteiger partial charge on any atom is 0.123 e. The van der Waals surface area contributed by atoms with Crippen LogP contribution in [0.25, 0.3) is 0 Å². The smallest absolute Gasteiger partial charge is 0.123 e. The second-order valence-electron chi connectivity index (χ2n) is 8.18. The molecule has 0 heterocycles. The van der Waals surface area contributed by atoms with Gasteiger partial charge in [0, 0.05) is 17.8 Å². The highest BCUT2D eigenvalue weighted by atomic mass is 31.1. The summed E-state index contributed by atoms with van der Waals surface area (Å²) in [6, 6.07) is 23.4. The number of benzene rings is 3. The minimum atomic E-state index is 0.379. The summed E-state index contributed by atoms with van der Waals surface area (Å²) >= 11 is 0. The van der Waals surface area contributed by atoms with Crippen molar-refractivity contribution in [3.05, 3.63) is 89.0 Å². The second kappa shape index (κ2) is 11.3. The molecule has 0 amide bonds. The van der Waals surface area contributed by atoms with Gasteiger partial charge in [-0.2, -0.15) is 0 Å². The van der Waals surface area contributed by atoms with Crippen LogP contribution in [-0.2, 0) is 13.2 Å². The van der Waals surface area contributed by atoms with Gasteiger partial charge >= 0.3 is 0 Å². The number of nitrogens with zero attached hydrogens (tertiary/aromatic N) is 1. The summed E-state index contributed by atoms with van der Waals surface area (Å²) < 4.78 is 11.8. The Hall–Kier alpha value is -2.35. The number of aryl methyl sites for hydroxylation is 1. The summed E-state index contributed by atoms with van der Waals surface area (Å²) in [5, 5.41) is 1.43. The summed E-state index contributed by atoms with van der Waals surface area (Å²) in [5.74, 6) is 1.83. The Morgan fingerprint density at radius 3 is 2.42 bits per heavy atom. The van der Waals surface area contributed by atoms with Gasteiger partial charge < -0.3 is 14.4 Å². The molecule has 3 aromatic rings. The molecule has 0 bridgehead atoms. The number of hydrogen-bond acceptors (Lipinski definition) is 3. The standard InChI is InChI=1S/C27H34NO2P/c1-6-26(31-27-15-12-20(2)16-22(27)18-28(3)4)24-17-23(29-5)13-14-25(24)30-19-21-10-8-7-9-11-21/h7-17,26,31H,6,18-19H2,1-5H3. The van der Waals surface area contributed by atoms with E-state index in [4.69, 9.17) is 9.47 Å². The molecule has 2 unspecified atom stereocenters. The van der Waals surface area contributed by atoms with E-state index >= 15 is 0 Å². The van der Waals surface area contributed by atoms with Crippen LogP contribution in [0.1, 0.15) is 41.3 Å². The second-order valence-corrected chi connectivity index (χ2v) is 9.71. The fourth-order valence-electron chi connectivity index (χ4n) is 3.71. The molecule has 4 heteroatoms. The van der Waals surface area contributed by atoms with Crippen molar-refractivity contribution in [3.8, 4) is 11.5 Å². The summed E-state index contributed by atoms with van der Waals surface area (Å²) in [7, 11) is 6.65. The highest BCUT2D eigenvalue weighted by Crippen LogP contribution is 2.43. The van der Waals surface area contributed by atoms with Gasteiger partial charge in [0.15, 0.2) is 0 Å². The zero-order valence-electron chi connectivity index (χ0n) is 19.3. The molecule has 0 N–H and O–H groups in total. The molecule has 3 aromatic carbocycles. The van der Waals surface area contributed by atoms with Gasteiger partial charge in [0.05, 0.1) is 7.11 Å². The summed E-state index contributed by atoms with van der Waals surface area (Å²) in [6.07, 6.45) is 1.04. The summed E-state index contributed by atoms with van der Waals surface area (Å²) in [5.41, 5.74) is 5.51. The van der Waals surface area contributed by atoms with Gasteiger partial charge in [0.25, 0.3) is 0 Å². The van der Waals surface area contributed by atoms with Crippen molar-refractivity contribution in [1.82, 2.24) is 4.90 Å². The molecule has 0 radical (unpaired) electrons. The molecule has 31 heavy (non-hydrogen) atoms. The molecule has 2 atom stereocenters. The minimum Gasteiger partial charge on any atom is -0.497 e. The quantitative estimate of drug-likeness (QED) is 0.359. The number of ether oxygens (including phenoxy) is 2. The average Bonchev–Trinajstić information content (AvgIpc) is 2.77. The highest BCUT2D eigenvalue weighted by Gasteiger charge is 2.19. The SMILES string of the molecule is CCC(Pc1ccc(C)cc1CN(C)C)c1cc(OC)ccc1OCc1ccccc1. The molecule has 0 aliphatic heterocycles.